The first kappa shape index (κ1) is 18.0. The molecular formula is C17H27ClN2O. The minimum atomic E-state index is -0.381. The quantitative estimate of drug-likeness (QED) is 0.878. The van der Waals surface area contributed by atoms with E-state index in [1.54, 1.807) is 0 Å². The zero-order valence-corrected chi connectivity index (χ0v) is 13.8. The molecule has 0 spiro atoms. The van der Waals surface area contributed by atoms with Gasteiger partial charge in [0.25, 0.3) is 0 Å². The topological polar surface area (TPSA) is 55.1 Å². The molecule has 2 rings (SSSR count). The van der Waals surface area contributed by atoms with E-state index < -0.39 is 0 Å². The molecule has 3 nitrogen and oxygen atoms in total. The molecular weight excluding hydrogens is 284 g/mol. The van der Waals surface area contributed by atoms with Gasteiger partial charge in [-0.15, -0.1) is 12.4 Å². The summed E-state index contributed by atoms with van der Waals surface area (Å²) in [7, 11) is 0. The molecule has 0 aromatic heterocycles. The van der Waals surface area contributed by atoms with Gasteiger partial charge in [-0.05, 0) is 42.7 Å². The molecule has 0 saturated heterocycles. The van der Waals surface area contributed by atoms with Gasteiger partial charge in [0, 0.05) is 12.5 Å². The first-order chi connectivity index (χ1) is 9.58. The van der Waals surface area contributed by atoms with Crippen LogP contribution in [0.2, 0.25) is 0 Å². The third-order valence-corrected chi connectivity index (χ3v) is 4.08. The fourth-order valence-electron chi connectivity index (χ4n) is 3.04. The second kappa shape index (κ2) is 8.40. The number of carbonyl (C=O) groups excluding carboxylic acids is 1. The van der Waals surface area contributed by atoms with Crippen molar-refractivity contribution >= 4 is 18.3 Å². The minimum absolute atomic E-state index is 0. The van der Waals surface area contributed by atoms with Crippen molar-refractivity contribution in [2.45, 2.75) is 51.5 Å². The number of nitrogens with one attached hydrogen (secondary N) is 1. The lowest BCUT2D eigenvalue weighted by Gasteiger charge is -2.26. The highest BCUT2D eigenvalue weighted by molar-refractivity contribution is 5.85. The SMILES string of the molecule is CC(C)C[C@H](N)C(=O)NCC1CCCc2ccccc21.Cl. The van der Waals surface area contributed by atoms with Crippen LogP contribution in [0.1, 0.15) is 50.2 Å². The molecule has 1 amide bonds. The molecule has 0 fully saturated rings. The summed E-state index contributed by atoms with van der Waals surface area (Å²) in [6, 6.07) is 8.20. The Morgan fingerprint density at radius 2 is 2.10 bits per heavy atom. The van der Waals surface area contributed by atoms with Crippen LogP contribution in [0.25, 0.3) is 0 Å². The minimum Gasteiger partial charge on any atom is -0.354 e. The van der Waals surface area contributed by atoms with E-state index in [2.05, 4.69) is 43.4 Å². The fourth-order valence-corrected chi connectivity index (χ4v) is 3.04. The van der Waals surface area contributed by atoms with E-state index in [0.717, 1.165) is 19.3 Å². The Bertz CT molecular complexity index is 462. The Morgan fingerprint density at radius 3 is 2.81 bits per heavy atom. The number of fused-ring (bicyclic) bond motifs is 1. The summed E-state index contributed by atoms with van der Waals surface area (Å²) in [5.74, 6) is 0.878. The first-order valence-electron chi connectivity index (χ1n) is 7.69. The zero-order chi connectivity index (χ0) is 14.5. The number of hydrogen-bond acceptors (Lipinski definition) is 2. The standard InChI is InChI=1S/C17H26N2O.ClH/c1-12(2)10-16(18)17(20)19-11-14-8-5-7-13-6-3-4-9-15(13)14;/h3-4,6,9,12,14,16H,5,7-8,10-11,18H2,1-2H3,(H,19,20);1H/t14?,16-;/m0./s1. The number of halogens is 1. The highest BCUT2D eigenvalue weighted by Crippen LogP contribution is 2.30. The molecule has 4 heteroatoms. The van der Waals surface area contributed by atoms with Crippen LogP contribution in [-0.4, -0.2) is 18.5 Å². The summed E-state index contributed by atoms with van der Waals surface area (Å²) in [5.41, 5.74) is 8.75. The Hall–Kier alpha value is -1.06. The van der Waals surface area contributed by atoms with Crippen LogP contribution in [0.15, 0.2) is 24.3 Å². The first-order valence-corrected chi connectivity index (χ1v) is 7.69. The van der Waals surface area contributed by atoms with Crippen molar-refractivity contribution in [3.8, 4) is 0 Å². The van der Waals surface area contributed by atoms with Crippen LogP contribution in [0.4, 0.5) is 0 Å². The van der Waals surface area contributed by atoms with E-state index >= 15 is 0 Å². The van der Waals surface area contributed by atoms with Gasteiger partial charge < -0.3 is 11.1 Å². The van der Waals surface area contributed by atoms with Crippen LogP contribution >= 0.6 is 12.4 Å². The van der Waals surface area contributed by atoms with Crippen LogP contribution in [0.5, 0.6) is 0 Å². The molecule has 21 heavy (non-hydrogen) atoms. The normalized spacial score (nSPS) is 18.6. The molecule has 1 aliphatic rings. The third-order valence-electron chi connectivity index (χ3n) is 4.08. The molecule has 0 heterocycles. The van der Waals surface area contributed by atoms with Crippen molar-refractivity contribution in [3.63, 3.8) is 0 Å². The summed E-state index contributed by atoms with van der Waals surface area (Å²) in [6.07, 6.45) is 4.26. The van der Waals surface area contributed by atoms with Gasteiger partial charge in [-0.25, -0.2) is 0 Å². The lowest BCUT2D eigenvalue weighted by molar-refractivity contribution is -0.122. The highest BCUT2D eigenvalue weighted by atomic mass is 35.5. The number of hydrogen-bond donors (Lipinski definition) is 2. The number of amides is 1. The average Bonchev–Trinajstić information content (AvgIpc) is 2.44. The Kier molecular flexibility index (Phi) is 7.20. The molecule has 1 aliphatic carbocycles. The van der Waals surface area contributed by atoms with Gasteiger partial charge in [-0.1, -0.05) is 38.1 Å². The maximum absolute atomic E-state index is 12.0. The fraction of sp³-hybridized carbons (Fsp3) is 0.588. The Balaban J connectivity index is 0.00000220. The molecule has 0 bridgehead atoms. The molecule has 2 atom stereocenters. The van der Waals surface area contributed by atoms with Gasteiger partial charge in [-0.2, -0.15) is 0 Å². The Labute approximate surface area is 134 Å². The van der Waals surface area contributed by atoms with Gasteiger partial charge in [0.1, 0.15) is 0 Å². The van der Waals surface area contributed by atoms with Crippen molar-refractivity contribution in [2.24, 2.45) is 11.7 Å². The summed E-state index contributed by atoms with van der Waals surface area (Å²) in [5, 5.41) is 3.03. The second-order valence-electron chi connectivity index (χ2n) is 6.27. The summed E-state index contributed by atoms with van der Waals surface area (Å²) >= 11 is 0. The molecule has 0 radical (unpaired) electrons. The molecule has 0 saturated carbocycles. The number of benzene rings is 1. The van der Waals surface area contributed by atoms with Gasteiger partial charge in [0.2, 0.25) is 5.91 Å². The average molecular weight is 311 g/mol. The van der Waals surface area contributed by atoms with E-state index in [-0.39, 0.29) is 24.4 Å². The van der Waals surface area contributed by atoms with E-state index in [0.29, 0.717) is 18.4 Å². The van der Waals surface area contributed by atoms with Crippen molar-refractivity contribution in [1.82, 2.24) is 5.32 Å². The molecule has 0 aliphatic heterocycles. The maximum atomic E-state index is 12.0. The van der Waals surface area contributed by atoms with Crippen molar-refractivity contribution in [3.05, 3.63) is 35.4 Å². The molecule has 3 N–H and O–H groups in total. The van der Waals surface area contributed by atoms with Crippen LogP contribution in [-0.2, 0) is 11.2 Å². The van der Waals surface area contributed by atoms with Gasteiger partial charge in [-0.3, -0.25) is 4.79 Å². The molecule has 1 unspecified atom stereocenters. The lowest BCUT2D eigenvalue weighted by atomic mass is 9.83. The van der Waals surface area contributed by atoms with Crippen molar-refractivity contribution < 1.29 is 4.79 Å². The van der Waals surface area contributed by atoms with E-state index in [1.165, 1.54) is 17.5 Å². The van der Waals surface area contributed by atoms with E-state index in [9.17, 15) is 4.79 Å². The Morgan fingerprint density at radius 1 is 1.38 bits per heavy atom. The number of rotatable bonds is 5. The second-order valence-corrected chi connectivity index (χ2v) is 6.27. The largest absolute Gasteiger partial charge is 0.354 e. The van der Waals surface area contributed by atoms with E-state index in [4.69, 9.17) is 5.73 Å². The summed E-state index contributed by atoms with van der Waals surface area (Å²) < 4.78 is 0. The summed E-state index contributed by atoms with van der Waals surface area (Å²) in [4.78, 5) is 12.0. The third kappa shape index (κ3) is 5.01. The van der Waals surface area contributed by atoms with Crippen LogP contribution in [0, 0.1) is 5.92 Å². The van der Waals surface area contributed by atoms with Gasteiger partial charge >= 0.3 is 0 Å². The maximum Gasteiger partial charge on any atom is 0.236 e. The summed E-state index contributed by atoms with van der Waals surface area (Å²) in [6.45, 7) is 4.89. The molecule has 1 aromatic carbocycles. The number of nitrogens with two attached hydrogens (primary N) is 1. The van der Waals surface area contributed by atoms with E-state index in [1.807, 2.05) is 0 Å². The smallest absolute Gasteiger partial charge is 0.236 e. The van der Waals surface area contributed by atoms with Crippen LogP contribution in [0.3, 0.4) is 0 Å². The van der Waals surface area contributed by atoms with Gasteiger partial charge in [0.05, 0.1) is 6.04 Å². The van der Waals surface area contributed by atoms with Crippen molar-refractivity contribution in [2.75, 3.05) is 6.54 Å². The molecule has 1 aromatic rings. The lowest BCUT2D eigenvalue weighted by Crippen LogP contribution is -2.43. The number of carbonyl (C=O) groups is 1. The zero-order valence-electron chi connectivity index (χ0n) is 13.0. The monoisotopic (exact) mass is 310 g/mol. The van der Waals surface area contributed by atoms with Crippen LogP contribution < -0.4 is 11.1 Å². The predicted octanol–water partition coefficient (Wildman–Crippen LogP) is 3.02. The number of aryl methyl sites for hydroxylation is 1. The molecule has 118 valence electrons. The highest BCUT2D eigenvalue weighted by Gasteiger charge is 2.21. The van der Waals surface area contributed by atoms with Gasteiger partial charge in [0.15, 0.2) is 0 Å². The van der Waals surface area contributed by atoms with Crippen molar-refractivity contribution in [1.29, 1.82) is 0 Å². The predicted molar refractivity (Wildman–Crippen MR) is 89.8 cm³/mol.